The number of carbonyl (C=O) groups is 1. The van der Waals surface area contributed by atoms with Crippen LogP contribution in [0.5, 0.6) is 0 Å². The number of rotatable bonds is 5. The van der Waals surface area contributed by atoms with E-state index >= 15 is 0 Å². The van der Waals surface area contributed by atoms with Gasteiger partial charge in [0.25, 0.3) is 11.5 Å². The summed E-state index contributed by atoms with van der Waals surface area (Å²) in [7, 11) is 0. The van der Waals surface area contributed by atoms with E-state index in [1.807, 2.05) is 13.0 Å². The summed E-state index contributed by atoms with van der Waals surface area (Å²) in [6.07, 6.45) is -4.67. The van der Waals surface area contributed by atoms with Crippen molar-refractivity contribution in [3.05, 3.63) is 63.6 Å². The lowest BCUT2D eigenvalue weighted by Gasteiger charge is -2.09. The molecule has 0 spiro atoms. The van der Waals surface area contributed by atoms with Crippen LogP contribution in [0.15, 0.2) is 41.2 Å². The van der Waals surface area contributed by atoms with Crippen molar-refractivity contribution in [1.82, 2.24) is 10.3 Å². The number of hydrogen-bond donors (Lipinski definition) is 3. The standard InChI is InChI=1S/C16H16F3N3O2.ClH/c1-2-20-9-10-4-3-5-11(8-10)21-14(23)12-6-7-13(16(17,18)19)22-15(12)24;/h3-8,20H,2,9H2,1H3,(H,21,23)(H,22,24);1H. The number of benzene rings is 1. The Morgan fingerprint density at radius 2 is 1.92 bits per heavy atom. The van der Waals surface area contributed by atoms with Crippen molar-refractivity contribution < 1.29 is 18.0 Å². The number of aromatic nitrogens is 1. The van der Waals surface area contributed by atoms with Crippen molar-refractivity contribution in [3.63, 3.8) is 0 Å². The molecule has 0 saturated carbocycles. The van der Waals surface area contributed by atoms with Gasteiger partial charge >= 0.3 is 6.18 Å². The van der Waals surface area contributed by atoms with E-state index in [1.165, 1.54) is 0 Å². The highest BCUT2D eigenvalue weighted by atomic mass is 35.5. The Morgan fingerprint density at radius 3 is 2.52 bits per heavy atom. The zero-order valence-corrected chi connectivity index (χ0v) is 14.1. The fourth-order valence-corrected chi connectivity index (χ4v) is 2.04. The van der Waals surface area contributed by atoms with Crippen molar-refractivity contribution in [3.8, 4) is 0 Å². The SMILES string of the molecule is CCNCc1cccc(NC(=O)c2ccc(C(F)(F)F)[nH]c2=O)c1.Cl. The maximum absolute atomic E-state index is 12.5. The molecule has 0 unspecified atom stereocenters. The Bertz CT molecular complexity index is 791. The number of H-pyrrole nitrogens is 1. The molecule has 2 rings (SSSR count). The van der Waals surface area contributed by atoms with E-state index in [0.717, 1.165) is 18.2 Å². The molecule has 25 heavy (non-hydrogen) atoms. The first-order chi connectivity index (χ1) is 11.3. The fourth-order valence-electron chi connectivity index (χ4n) is 2.04. The summed E-state index contributed by atoms with van der Waals surface area (Å²) in [6, 6.07) is 8.48. The molecule has 2 aromatic rings. The Hall–Kier alpha value is -2.32. The van der Waals surface area contributed by atoms with Crippen molar-refractivity contribution >= 4 is 24.0 Å². The minimum Gasteiger partial charge on any atom is -0.322 e. The molecule has 9 heteroatoms. The van der Waals surface area contributed by atoms with Gasteiger partial charge in [0.05, 0.1) is 0 Å². The number of hydrogen-bond acceptors (Lipinski definition) is 3. The minimum absolute atomic E-state index is 0. The van der Waals surface area contributed by atoms with Crippen molar-refractivity contribution in [2.75, 3.05) is 11.9 Å². The summed E-state index contributed by atoms with van der Waals surface area (Å²) < 4.78 is 37.6. The van der Waals surface area contributed by atoms with Gasteiger partial charge in [0.2, 0.25) is 0 Å². The van der Waals surface area contributed by atoms with E-state index in [0.29, 0.717) is 18.3 Å². The number of halogens is 4. The van der Waals surface area contributed by atoms with E-state index in [-0.39, 0.29) is 18.0 Å². The highest BCUT2D eigenvalue weighted by molar-refractivity contribution is 6.04. The number of nitrogens with one attached hydrogen (secondary N) is 3. The summed E-state index contributed by atoms with van der Waals surface area (Å²) in [5.41, 5.74) is -1.30. The number of alkyl halides is 3. The third kappa shape index (κ3) is 5.61. The van der Waals surface area contributed by atoms with Crippen LogP contribution in [0.3, 0.4) is 0 Å². The van der Waals surface area contributed by atoms with Gasteiger partial charge in [-0.2, -0.15) is 13.2 Å². The first kappa shape index (κ1) is 20.7. The molecule has 0 aliphatic carbocycles. The summed E-state index contributed by atoms with van der Waals surface area (Å²) in [5.74, 6) is -0.773. The molecule has 0 fully saturated rings. The van der Waals surface area contributed by atoms with Crippen LogP contribution in [0.1, 0.15) is 28.5 Å². The second kappa shape index (κ2) is 8.68. The van der Waals surface area contributed by atoms with Gasteiger partial charge in [-0.3, -0.25) is 9.59 Å². The van der Waals surface area contributed by atoms with Crippen LogP contribution in [0.25, 0.3) is 0 Å². The molecular weight excluding hydrogens is 359 g/mol. The Morgan fingerprint density at radius 1 is 1.20 bits per heavy atom. The summed E-state index contributed by atoms with van der Waals surface area (Å²) in [6.45, 7) is 3.36. The van der Waals surface area contributed by atoms with Gasteiger partial charge in [0.1, 0.15) is 11.3 Å². The van der Waals surface area contributed by atoms with Crippen LogP contribution < -0.4 is 16.2 Å². The van der Waals surface area contributed by atoms with Gasteiger partial charge in [-0.1, -0.05) is 19.1 Å². The lowest BCUT2D eigenvalue weighted by Crippen LogP contribution is -2.25. The van der Waals surface area contributed by atoms with Gasteiger partial charge < -0.3 is 15.6 Å². The molecule has 0 aliphatic rings. The largest absolute Gasteiger partial charge is 0.431 e. The molecule has 0 saturated heterocycles. The van der Waals surface area contributed by atoms with Crippen molar-refractivity contribution in [1.29, 1.82) is 0 Å². The number of pyridine rings is 1. The summed E-state index contributed by atoms with van der Waals surface area (Å²) in [4.78, 5) is 25.5. The van der Waals surface area contributed by atoms with Crippen LogP contribution in [0.4, 0.5) is 18.9 Å². The molecule has 5 nitrogen and oxygen atoms in total. The van der Waals surface area contributed by atoms with Gasteiger partial charge in [-0.05, 0) is 36.4 Å². The van der Waals surface area contributed by atoms with E-state index in [2.05, 4.69) is 10.6 Å². The Kier molecular flexibility index (Phi) is 7.20. The van der Waals surface area contributed by atoms with Gasteiger partial charge in [-0.25, -0.2) is 0 Å². The zero-order chi connectivity index (χ0) is 17.7. The number of amides is 1. The smallest absolute Gasteiger partial charge is 0.322 e. The summed E-state index contributed by atoms with van der Waals surface area (Å²) >= 11 is 0. The third-order valence-electron chi connectivity index (χ3n) is 3.22. The normalized spacial score (nSPS) is 10.9. The second-order valence-corrected chi connectivity index (χ2v) is 5.05. The highest BCUT2D eigenvalue weighted by Crippen LogP contribution is 2.26. The van der Waals surface area contributed by atoms with E-state index < -0.39 is 23.3 Å². The molecule has 1 aromatic heterocycles. The van der Waals surface area contributed by atoms with E-state index in [1.54, 1.807) is 23.2 Å². The fraction of sp³-hybridized carbons (Fsp3) is 0.250. The number of anilines is 1. The molecule has 0 atom stereocenters. The van der Waals surface area contributed by atoms with Crippen LogP contribution in [0, 0.1) is 0 Å². The number of aromatic amines is 1. The first-order valence-electron chi connectivity index (χ1n) is 7.23. The molecule has 0 bridgehead atoms. The van der Waals surface area contributed by atoms with Crippen molar-refractivity contribution in [2.45, 2.75) is 19.6 Å². The van der Waals surface area contributed by atoms with Gasteiger partial charge in [-0.15, -0.1) is 12.4 Å². The molecular formula is C16H17ClF3N3O2. The van der Waals surface area contributed by atoms with Crippen LogP contribution in [0.2, 0.25) is 0 Å². The zero-order valence-electron chi connectivity index (χ0n) is 13.2. The quantitative estimate of drug-likeness (QED) is 0.751. The number of carbonyl (C=O) groups excluding carboxylic acids is 1. The molecule has 0 aliphatic heterocycles. The molecule has 1 amide bonds. The maximum Gasteiger partial charge on any atom is 0.431 e. The predicted molar refractivity (Wildman–Crippen MR) is 91.1 cm³/mol. The van der Waals surface area contributed by atoms with E-state index in [9.17, 15) is 22.8 Å². The molecule has 1 aromatic carbocycles. The predicted octanol–water partition coefficient (Wildman–Crippen LogP) is 3.18. The van der Waals surface area contributed by atoms with Crippen molar-refractivity contribution in [2.24, 2.45) is 0 Å². The minimum atomic E-state index is -4.67. The molecule has 136 valence electrons. The third-order valence-corrected chi connectivity index (χ3v) is 3.22. The van der Waals surface area contributed by atoms with Gasteiger partial charge in [0.15, 0.2) is 0 Å². The van der Waals surface area contributed by atoms with Crippen LogP contribution in [-0.2, 0) is 12.7 Å². The Labute approximate surface area is 148 Å². The average molecular weight is 376 g/mol. The van der Waals surface area contributed by atoms with Crippen LogP contribution in [-0.4, -0.2) is 17.4 Å². The lowest BCUT2D eigenvalue weighted by molar-refractivity contribution is -0.141. The Balaban J connectivity index is 0.00000312. The van der Waals surface area contributed by atoms with E-state index in [4.69, 9.17) is 0 Å². The summed E-state index contributed by atoms with van der Waals surface area (Å²) in [5, 5.41) is 5.64. The lowest BCUT2D eigenvalue weighted by atomic mass is 10.2. The molecule has 0 radical (unpaired) electrons. The van der Waals surface area contributed by atoms with Crippen LogP contribution >= 0.6 is 12.4 Å². The molecule has 1 heterocycles. The molecule has 3 N–H and O–H groups in total. The monoisotopic (exact) mass is 375 g/mol. The highest BCUT2D eigenvalue weighted by Gasteiger charge is 2.32. The first-order valence-corrected chi connectivity index (χ1v) is 7.23. The van der Waals surface area contributed by atoms with Gasteiger partial charge in [0, 0.05) is 12.2 Å². The maximum atomic E-state index is 12.5. The second-order valence-electron chi connectivity index (χ2n) is 5.05. The average Bonchev–Trinajstić information content (AvgIpc) is 2.52. The topological polar surface area (TPSA) is 74.0 Å².